The standard InChI is InChI=1S/C18H21NO.C17H19NO.C16H18N2O.C12H15F2NO.C12H16FNO.2C12H17NO/c1-13-6-4-5-7-17(13)16-10-8-15(9-11-16)12-18(19-3)14(2)20;1-13(19)17(18-2)12-14-8-10-16(11-9-14)15-6-4-3-5-7-15;1-12(19)16(17-2)10-13-8-9-15(18-11-13)14-6-4-3-5-7-14;1-8(16)12(2,15-3)7-9-10(13)5-4-6-11(9)14;1-9(15)12(2,14-3)8-10-6-4-5-7-11(10)13;2*1-10(14)12(2,13-3)9-11-7-5-4-6-8-11/h4-11,18-19H,12H2,1-3H3;3-11,17-18H,12H2,1-2H3;3-9,11,16-17H,10H2,1-2H3;4-6,15H,7H2,1-3H3;4-7,14H,8H2,1-3H3;2*4-8,13H,9H2,1-3H3/t18-;;;3*12-;/m0..111./s1. The van der Waals surface area contributed by atoms with Crippen LogP contribution >= 0.6 is 0 Å². The van der Waals surface area contributed by atoms with Gasteiger partial charge >= 0.3 is 0 Å². The van der Waals surface area contributed by atoms with Gasteiger partial charge in [-0.1, -0.05) is 224 Å². The van der Waals surface area contributed by atoms with Gasteiger partial charge in [-0.3, -0.25) is 38.5 Å². The molecule has 10 aromatic rings. The number of aromatic nitrogens is 1. The Hall–Kier alpha value is -10.7. The van der Waals surface area contributed by atoms with E-state index in [-0.39, 0.29) is 76.4 Å². The minimum Gasteiger partial charge on any atom is -0.310 e. The molecule has 117 heavy (non-hydrogen) atoms. The maximum absolute atomic E-state index is 13.4. The van der Waals surface area contributed by atoms with Crippen molar-refractivity contribution in [3.8, 4) is 33.5 Å². The number of nitrogens with zero attached hydrogens (tertiary/aromatic N) is 1. The lowest BCUT2D eigenvalue weighted by Crippen LogP contribution is -2.48. The van der Waals surface area contributed by atoms with E-state index < -0.39 is 33.8 Å². The number of carbonyl (C=O) groups is 7. The molecule has 0 radical (unpaired) electrons. The van der Waals surface area contributed by atoms with Crippen molar-refractivity contribution in [3.63, 3.8) is 0 Å². The molecule has 15 nitrogen and oxygen atoms in total. The van der Waals surface area contributed by atoms with Crippen LogP contribution in [0.4, 0.5) is 13.2 Å². The second kappa shape index (κ2) is 50.1. The highest BCUT2D eigenvalue weighted by molar-refractivity contribution is 5.88. The molecule has 0 saturated heterocycles. The Morgan fingerprint density at radius 3 is 0.991 bits per heavy atom. The van der Waals surface area contributed by atoms with Crippen LogP contribution in [-0.2, 0) is 78.5 Å². The number of ketones is 7. The lowest BCUT2D eigenvalue weighted by atomic mass is 9.89. The molecule has 0 bridgehead atoms. The minimum atomic E-state index is -0.941. The van der Waals surface area contributed by atoms with Crippen LogP contribution in [0.5, 0.6) is 0 Å². The summed E-state index contributed by atoms with van der Waals surface area (Å²) in [5.74, 6) is -0.816. The van der Waals surface area contributed by atoms with E-state index in [1.165, 1.54) is 88.2 Å². The second-order valence-electron chi connectivity index (χ2n) is 30.0. The maximum atomic E-state index is 13.4. The molecule has 0 aliphatic rings. The summed E-state index contributed by atoms with van der Waals surface area (Å²) >= 11 is 0. The summed E-state index contributed by atoms with van der Waals surface area (Å²) in [5.41, 5.74) is 12.0. The number of hydrogen-bond donors (Lipinski definition) is 7. The van der Waals surface area contributed by atoms with Crippen molar-refractivity contribution in [2.45, 2.75) is 168 Å². The van der Waals surface area contributed by atoms with E-state index in [1.807, 2.05) is 170 Å². The first-order chi connectivity index (χ1) is 55.6. The molecule has 0 aliphatic carbocycles. The van der Waals surface area contributed by atoms with Crippen LogP contribution in [-0.4, -0.2) is 135 Å². The largest absolute Gasteiger partial charge is 0.310 e. The molecule has 0 fully saturated rings. The number of hydrogen-bond acceptors (Lipinski definition) is 15. The Balaban J connectivity index is 0.000000288. The molecule has 1 heterocycles. The molecule has 18 heteroatoms. The third kappa shape index (κ3) is 32.7. The van der Waals surface area contributed by atoms with Gasteiger partial charge in [0.2, 0.25) is 0 Å². The molecule has 0 saturated carbocycles. The summed E-state index contributed by atoms with van der Waals surface area (Å²) in [5, 5.41) is 21.0. The Labute approximate surface area is 693 Å². The number of carbonyl (C=O) groups excluding carboxylic acids is 7. The van der Waals surface area contributed by atoms with Crippen molar-refractivity contribution in [3.05, 3.63) is 317 Å². The van der Waals surface area contributed by atoms with Crippen molar-refractivity contribution in [1.82, 2.24) is 42.2 Å². The van der Waals surface area contributed by atoms with Crippen LogP contribution in [0.3, 0.4) is 0 Å². The number of nitrogens with one attached hydrogen (secondary N) is 7. The lowest BCUT2D eigenvalue weighted by molar-refractivity contribution is -0.123. The third-order valence-corrected chi connectivity index (χ3v) is 21.4. The Morgan fingerprint density at radius 2 is 0.632 bits per heavy atom. The zero-order valence-corrected chi connectivity index (χ0v) is 71.9. The SMILES string of the molecule is CNC(C)(Cc1ccccc1)C(C)=O.CNC(Cc1ccc(-c2ccccc2)cc1)C(C)=O.CNC(Cc1ccc(-c2ccccc2)nc1)C(C)=O.CN[C@@H](Cc1ccc(-c2ccccc2C)cc1)C(C)=O.CN[C@](C)(Cc1c(F)cccc1F)C(C)=O.CN[C@](C)(Cc1ccccc1)C(C)=O.CN[C@](C)(Cc1ccccc1F)C(C)=O. The smallest absolute Gasteiger partial charge is 0.149 e. The van der Waals surface area contributed by atoms with Gasteiger partial charge in [0.05, 0.1) is 46.0 Å². The molecule has 0 spiro atoms. The first kappa shape index (κ1) is 98.7. The molecule has 622 valence electrons. The number of halogens is 3. The van der Waals surface area contributed by atoms with Crippen molar-refractivity contribution in [2.75, 3.05) is 49.3 Å². The first-order valence-electron chi connectivity index (χ1n) is 39.5. The third-order valence-electron chi connectivity index (χ3n) is 21.4. The average Bonchev–Trinajstić information content (AvgIpc) is 0.830. The molecule has 7 N–H and O–H groups in total. The molecule has 1 aromatic heterocycles. The van der Waals surface area contributed by atoms with E-state index in [2.05, 4.69) is 134 Å². The van der Waals surface area contributed by atoms with Gasteiger partial charge in [-0.2, -0.15) is 0 Å². The first-order valence-corrected chi connectivity index (χ1v) is 39.5. The fourth-order valence-corrected chi connectivity index (χ4v) is 12.2. The highest BCUT2D eigenvalue weighted by Gasteiger charge is 2.32. The van der Waals surface area contributed by atoms with Crippen molar-refractivity contribution in [2.24, 2.45) is 0 Å². The van der Waals surface area contributed by atoms with Gasteiger partial charge in [0.1, 0.15) is 57.9 Å². The fourth-order valence-electron chi connectivity index (χ4n) is 12.2. The molecular formula is C99H123F3N8O7. The van der Waals surface area contributed by atoms with E-state index in [9.17, 15) is 46.7 Å². The Morgan fingerprint density at radius 1 is 0.316 bits per heavy atom. The molecule has 3 unspecified atom stereocenters. The Kier molecular flexibility index (Phi) is 42.2. The van der Waals surface area contributed by atoms with Gasteiger partial charge in [0.15, 0.2) is 0 Å². The van der Waals surface area contributed by atoms with Crippen LogP contribution < -0.4 is 37.2 Å². The molecule has 0 aliphatic heterocycles. The normalized spacial score (nSPS) is 13.4. The molecule has 0 amide bonds. The topological polar surface area (TPSA) is 217 Å². The summed E-state index contributed by atoms with van der Waals surface area (Å²) in [7, 11) is 12.4. The zero-order chi connectivity index (χ0) is 86.9. The number of Topliss-reactive ketones (excluding diaryl/α,β-unsaturated/α-hetero) is 7. The summed E-state index contributed by atoms with van der Waals surface area (Å²) in [6.07, 6.45) is 5.83. The number of likely N-dealkylation sites (N-methyl/N-ethyl adjacent to an activating group) is 7. The summed E-state index contributed by atoms with van der Waals surface area (Å²) in [6.45, 7) is 20.4. The van der Waals surface area contributed by atoms with E-state index in [4.69, 9.17) is 0 Å². The molecule has 7 atom stereocenters. The molecule has 9 aromatic carbocycles. The molecular weight excluding hydrogens is 1470 g/mol. The quantitative estimate of drug-likeness (QED) is 0.0215. The lowest BCUT2D eigenvalue weighted by Gasteiger charge is -2.26. The van der Waals surface area contributed by atoms with Crippen LogP contribution in [0.2, 0.25) is 0 Å². The predicted molar refractivity (Wildman–Crippen MR) is 473 cm³/mol. The van der Waals surface area contributed by atoms with Crippen LogP contribution in [0.25, 0.3) is 33.5 Å². The van der Waals surface area contributed by atoms with Gasteiger partial charge in [-0.25, -0.2) is 13.2 Å². The second-order valence-corrected chi connectivity index (χ2v) is 30.0. The highest BCUT2D eigenvalue weighted by atomic mass is 19.1. The van der Waals surface area contributed by atoms with Gasteiger partial charge < -0.3 is 37.2 Å². The van der Waals surface area contributed by atoms with Crippen LogP contribution in [0.15, 0.2) is 255 Å². The number of pyridine rings is 1. The van der Waals surface area contributed by atoms with Gasteiger partial charge in [-0.05, 0) is 250 Å². The van der Waals surface area contributed by atoms with Crippen molar-refractivity contribution in [1.29, 1.82) is 0 Å². The van der Waals surface area contributed by atoms with E-state index in [0.717, 1.165) is 42.5 Å². The number of aryl methyl sites for hydroxylation is 1. The van der Waals surface area contributed by atoms with E-state index in [1.54, 1.807) is 87.8 Å². The Bertz CT molecular complexity index is 4510. The van der Waals surface area contributed by atoms with Gasteiger partial charge in [-0.15, -0.1) is 0 Å². The summed E-state index contributed by atoms with van der Waals surface area (Å²) in [4.78, 5) is 84.4. The van der Waals surface area contributed by atoms with Crippen molar-refractivity contribution >= 4 is 40.5 Å². The monoisotopic (exact) mass is 1590 g/mol. The number of rotatable bonds is 31. The van der Waals surface area contributed by atoms with E-state index in [0.29, 0.717) is 18.4 Å². The van der Waals surface area contributed by atoms with Crippen molar-refractivity contribution < 1.29 is 46.7 Å². The maximum Gasteiger partial charge on any atom is 0.149 e. The van der Waals surface area contributed by atoms with Gasteiger partial charge in [0, 0.05) is 30.2 Å². The zero-order valence-electron chi connectivity index (χ0n) is 71.9. The van der Waals surface area contributed by atoms with Gasteiger partial charge in [0.25, 0.3) is 0 Å². The number of benzene rings is 9. The van der Waals surface area contributed by atoms with E-state index >= 15 is 0 Å². The average molecular weight is 1590 g/mol. The van der Waals surface area contributed by atoms with Crippen LogP contribution in [0.1, 0.15) is 121 Å². The minimum absolute atomic E-state index is 0.00264. The van der Waals surface area contributed by atoms with Crippen LogP contribution in [0, 0.1) is 24.4 Å². The molecule has 10 rings (SSSR count). The predicted octanol–water partition coefficient (Wildman–Crippen LogP) is 16.5. The summed E-state index contributed by atoms with van der Waals surface area (Å²) < 4.78 is 40.2. The summed E-state index contributed by atoms with van der Waals surface area (Å²) in [6, 6.07) is 79.6. The fraction of sp³-hybridized carbons (Fsp3) is 0.333. The highest BCUT2D eigenvalue weighted by Crippen LogP contribution is 2.26.